The van der Waals surface area contributed by atoms with E-state index in [2.05, 4.69) is 4.98 Å². The molecule has 1 aromatic heterocycles. The number of hydrogen-bond acceptors (Lipinski definition) is 4. The summed E-state index contributed by atoms with van der Waals surface area (Å²) < 4.78 is 10.8. The minimum atomic E-state index is 0.190. The lowest BCUT2D eigenvalue weighted by atomic mass is 10.3. The largest absolute Gasteiger partial charge is 0.508 e. The van der Waals surface area contributed by atoms with Crippen LogP contribution in [0.15, 0.2) is 52.9 Å². The van der Waals surface area contributed by atoms with Crippen LogP contribution in [0.2, 0.25) is 0 Å². The molecule has 0 radical (unpaired) electrons. The Hall–Kier alpha value is -2.49. The van der Waals surface area contributed by atoms with E-state index in [1.54, 1.807) is 12.1 Å². The average Bonchev–Trinajstić information content (AvgIpc) is 2.74. The van der Waals surface area contributed by atoms with Crippen molar-refractivity contribution in [2.45, 2.75) is 0 Å². The first-order valence-corrected chi connectivity index (χ1v) is 5.14. The Morgan fingerprint density at radius 2 is 1.76 bits per heavy atom. The lowest BCUT2D eigenvalue weighted by Crippen LogP contribution is -1.82. The van der Waals surface area contributed by atoms with Crippen molar-refractivity contribution >= 4 is 11.1 Å². The molecule has 0 spiro atoms. The lowest BCUT2D eigenvalue weighted by molar-refractivity contribution is 0.342. The number of phenolic OH excluding ortho intramolecular Hbond substituents is 1. The number of hydrogen-bond donors (Lipinski definition) is 1. The number of ether oxygens (including phenoxy) is 1. The molecule has 0 amide bonds. The fourth-order valence-corrected chi connectivity index (χ4v) is 1.51. The highest BCUT2D eigenvalue weighted by Gasteiger charge is 2.06. The normalized spacial score (nSPS) is 10.6. The number of phenols is 1. The van der Waals surface area contributed by atoms with Gasteiger partial charge in [-0.2, -0.15) is 4.98 Å². The molecule has 1 heterocycles. The van der Waals surface area contributed by atoms with Crippen molar-refractivity contribution in [3.05, 3.63) is 48.5 Å². The quantitative estimate of drug-likeness (QED) is 0.729. The Morgan fingerprint density at radius 1 is 1.00 bits per heavy atom. The van der Waals surface area contributed by atoms with Gasteiger partial charge in [-0.3, -0.25) is 0 Å². The summed E-state index contributed by atoms with van der Waals surface area (Å²) in [5, 5.41) is 9.14. The topological polar surface area (TPSA) is 55.5 Å². The van der Waals surface area contributed by atoms with Crippen LogP contribution in [0.25, 0.3) is 11.1 Å². The van der Waals surface area contributed by atoms with Crippen LogP contribution in [0.5, 0.6) is 17.6 Å². The van der Waals surface area contributed by atoms with Gasteiger partial charge in [0.1, 0.15) is 17.0 Å². The second-order valence-electron chi connectivity index (χ2n) is 3.54. The van der Waals surface area contributed by atoms with E-state index >= 15 is 0 Å². The molecule has 3 aromatic rings. The van der Waals surface area contributed by atoms with E-state index in [1.165, 1.54) is 12.1 Å². The van der Waals surface area contributed by atoms with Crippen LogP contribution < -0.4 is 4.74 Å². The number of benzene rings is 2. The Kier molecular flexibility index (Phi) is 2.19. The van der Waals surface area contributed by atoms with Crippen LogP contribution in [0.3, 0.4) is 0 Å². The van der Waals surface area contributed by atoms with E-state index in [-0.39, 0.29) is 11.8 Å². The smallest absolute Gasteiger partial charge is 0.400 e. The van der Waals surface area contributed by atoms with Gasteiger partial charge in [-0.05, 0) is 36.4 Å². The van der Waals surface area contributed by atoms with Crippen molar-refractivity contribution < 1.29 is 14.3 Å². The van der Waals surface area contributed by atoms with Crippen molar-refractivity contribution in [2.75, 3.05) is 0 Å². The molecule has 4 nitrogen and oxygen atoms in total. The first-order chi connectivity index (χ1) is 8.31. The Balaban J connectivity index is 1.92. The monoisotopic (exact) mass is 227 g/mol. The summed E-state index contributed by atoms with van der Waals surface area (Å²) in [6.45, 7) is 0. The van der Waals surface area contributed by atoms with Gasteiger partial charge in [0.2, 0.25) is 0 Å². The van der Waals surface area contributed by atoms with Gasteiger partial charge in [-0.15, -0.1) is 0 Å². The van der Waals surface area contributed by atoms with Gasteiger partial charge in [0.25, 0.3) is 0 Å². The predicted molar refractivity (Wildman–Crippen MR) is 62.2 cm³/mol. The van der Waals surface area contributed by atoms with Crippen LogP contribution in [-0.4, -0.2) is 10.1 Å². The number of nitrogens with zero attached hydrogens (tertiary/aromatic N) is 1. The van der Waals surface area contributed by atoms with Crippen LogP contribution >= 0.6 is 0 Å². The molecule has 17 heavy (non-hydrogen) atoms. The van der Waals surface area contributed by atoms with Crippen LogP contribution in [0.1, 0.15) is 0 Å². The highest BCUT2D eigenvalue weighted by molar-refractivity contribution is 5.72. The van der Waals surface area contributed by atoms with E-state index in [4.69, 9.17) is 14.3 Å². The molecule has 0 saturated heterocycles. The molecule has 2 aromatic carbocycles. The van der Waals surface area contributed by atoms with E-state index in [9.17, 15) is 0 Å². The molecule has 0 atom stereocenters. The fourth-order valence-electron chi connectivity index (χ4n) is 1.51. The Labute approximate surface area is 97.1 Å². The highest BCUT2D eigenvalue weighted by Crippen LogP contribution is 2.26. The third kappa shape index (κ3) is 1.92. The third-order valence-electron chi connectivity index (χ3n) is 2.32. The van der Waals surface area contributed by atoms with Gasteiger partial charge in [0.05, 0.1) is 0 Å². The van der Waals surface area contributed by atoms with Crippen molar-refractivity contribution in [2.24, 2.45) is 0 Å². The number of oxazole rings is 1. The summed E-state index contributed by atoms with van der Waals surface area (Å²) >= 11 is 0. The predicted octanol–water partition coefficient (Wildman–Crippen LogP) is 3.33. The summed E-state index contributed by atoms with van der Waals surface area (Å²) in [7, 11) is 0. The Morgan fingerprint density at radius 3 is 2.53 bits per heavy atom. The fraction of sp³-hybridized carbons (Fsp3) is 0. The minimum absolute atomic E-state index is 0.190. The van der Waals surface area contributed by atoms with E-state index in [0.717, 1.165) is 5.52 Å². The molecule has 84 valence electrons. The average molecular weight is 227 g/mol. The lowest BCUT2D eigenvalue weighted by Gasteiger charge is -1.99. The zero-order valence-electron chi connectivity index (χ0n) is 8.83. The molecule has 0 aliphatic carbocycles. The number of rotatable bonds is 2. The van der Waals surface area contributed by atoms with Gasteiger partial charge in [0, 0.05) is 0 Å². The van der Waals surface area contributed by atoms with Gasteiger partial charge < -0.3 is 14.3 Å². The zero-order valence-corrected chi connectivity index (χ0v) is 8.83. The number of para-hydroxylation sites is 2. The van der Waals surface area contributed by atoms with E-state index in [1.807, 2.05) is 24.3 Å². The van der Waals surface area contributed by atoms with Gasteiger partial charge in [-0.1, -0.05) is 12.1 Å². The van der Waals surface area contributed by atoms with Gasteiger partial charge in [-0.25, -0.2) is 0 Å². The summed E-state index contributed by atoms with van der Waals surface area (Å²) in [5.41, 5.74) is 1.43. The number of aromatic nitrogens is 1. The molecule has 0 bridgehead atoms. The number of fused-ring (bicyclic) bond motifs is 1. The summed E-state index contributed by atoms with van der Waals surface area (Å²) in [6, 6.07) is 13.8. The third-order valence-corrected chi connectivity index (χ3v) is 2.32. The number of aromatic hydroxyl groups is 1. The van der Waals surface area contributed by atoms with Gasteiger partial charge in [0.15, 0.2) is 5.58 Å². The van der Waals surface area contributed by atoms with E-state index < -0.39 is 0 Å². The van der Waals surface area contributed by atoms with Crippen molar-refractivity contribution in [1.29, 1.82) is 0 Å². The molecule has 0 aliphatic heterocycles. The van der Waals surface area contributed by atoms with Gasteiger partial charge >= 0.3 is 6.08 Å². The molecule has 3 rings (SSSR count). The van der Waals surface area contributed by atoms with Crippen molar-refractivity contribution in [3.63, 3.8) is 0 Å². The van der Waals surface area contributed by atoms with Crippen molar-refractivity contribution in [1.82, 2.24) is 4.98 Å². The molecular formula is C13H9NO3. The summed E-state index contributed by atoms with van der Waals surface area (Å²) in [5.74, 6) is 0.754. The molecule has 0 unspecified atom stereocenters. The Bertz CT molecular complexity index is 610. The molecule has 0 saturated carbocycles. The molecule has 0 fully saturated rings. The standard InChI is InChI=1S/C13H9NO3/c15-9-5-7-10(8-6-9)16-13-14-11-3-1-2-4-12(11)17-13/h1-8,15H. The molecule has 0 aliphatic rings. The second-order valence-corrected chi connectivity index (χ2v) is 3.54. The van der Waals surface area contributed by atoms with Crippen LogP contribution in [-0.2, 0) is 0 Å². The summed E-state index contributed by atoms with van der Waals surface area (Å²) in [4.78, 5) is 4.18. The maximum atomic E-state index is 9.14. The minimum Gasteiger partial charge on any atom is -0.508 e. The summed E-state index contributed by atoms with van der Waals surface area (Å²) in [6.07, 6.45) is 0.192. The van der Waals surface area contributed by atoms with E-state index in [0.29, 0.717) is 11.3 Å². The zero-order chi connectivity index (χ0) is 11.7. The molecule has 1 N–H and O–H groups in total. The first-order valence-electron chi connectivity index (χ1n) is 5.14. The maximum absolute atomic E-state index is 9.14. The maximum Gasteiger partial charge on any atom is 0.400 e. The molecule has 4 heteroatoms. The first kappa shape index (κ1) is 9.72. The van der Waals surface area contributed by atoms with Crippen LogP contribution in [0.4, 0.5) is 0 Å². The SMILES string of the molecule is Oc1ccc(Oc2nc3ccccc3o2)cc1. The molecular weight excluding hydrogens is 218 g/mol. The second kappa shape index (κ2) is 3.83. The van der Waals surface area contributed by atoms with Crippen molar-refractivity contribution in [3.8, 4) is 17.6 Å². The highest BCUT2D eigenvalue weighted by atomic mass is 16.6. The van der Waals surface area contributed by atoms with Crippen LogP contribution in [0, 0.1) is 0 Å².